The third-order valence-corrected chi connectivity index (χ3v) is 7.20. The summed E-state index contributed by atoms with van der Waals surface area (Å²) in [6, 6.07) is 20.6. The van der Waals surface area contributed by atoms with E-state index >= 15 is 0 Å². The van der Waals surface area contributed by atoms with Gasteiger partial charge in [-0.15, -0.1) is 11.8 Å². The summed E-state index contributed by atoms with van der Waals surface area (Å²) in [7, 11) is -3.98. The normalized spacial score (nSPS) is 11.1. The Labute approximate surface area is 193 Å². The second kappa shape index (κ2) is 10.6. The third kappa shape index (κ3) is 5.83. The predicted molar refractivity (Wildman–Crippen MR) is 130 cm³/mol. The molecule has 0 heterocycles. The van der Waals surface area contributed by atoms with Crippen molar-refractivity contribution in [1.82, 2.24) is 0 Å². The monoisotopic (exact) mass is 470 g/mol. The molecule has 3 rings (SSSR count). The summed E-state index contributed by atoms with van der Waals surface area (Å²) in [4.78, 5) is 13.9. The first kappa shape index (κ1) is 23.7. The lowest BCUT2D eigenvalue weighted by molar-refractivity contribution is -0.114. The minimum atomic E-state index is -3.98. The number of hydrogen-bond acceptors (Lipinski definition) is 5. The molecule has 6 nitrogen and oxygen atoms in total. The van der Waals surface area contributed by atoms with E-state index in [4.69, 9.17) is 4.74 Å². The van der Waals surface area contributed by atoms with Crippen molar-refractivity contribution >= 4 is 39.1 Å². The van der Waals surface area contributed by atoms with Crippen molar-refractivity contribution in [2.45, 2.75) is 23.6 Å². The molecule has 1 N–H and O–H groups in total. The zero-order valence-corrected chi connectivity index (χ0v) is 19.9. The van der Waals surface area contributed by atoms with Crippen LogP contribution in [0.4, 0.5) is 11.4 Å². The van der Waals surface area contributed by atoms with Gasteiger partial charge >= 0.3 is 0 Å². The van der Waals surface area contributed by atoms with Gasteiger partial charge in [-0.3, -0.25) is 9.10 Å². The smallest absolute Gasteiger partial charge is 0.264 e. The minimum absolute atomic E-state index is 0.118. The van der Waals surface area contributed by atoms with Gasteiger partial charge in [0.2, 0.25) is 5.91 Å². The van der Waals surface area contributed by atoms with Gasteiger partial charge in [-0.25, -0.2) is 8.42 Å². The molecular weight excluding hydrogens is 444 g/mol. The maximum absolute atomic E-state index is 13.5. The molecule has 0 aromatic heterocycles. The Morgan fingerprint density at radius 1 is 1.03 bits per heavy atom. The van der Waals surface area contributed by atoms with Crippen molar-refractivity contribution in [3.63, 3.8) is 0 Å². The van der Waals surface area contributed by atoms with Crippen molar-refractivity contribution in [2.75, 3.05) is 29.0 Å². The van der Waals surface area contributed by atoms with Crippen LogP contribution in [0.2, 0.25) is 0 Å². The van der Waals surface area contributed by atoms with Crippen LogP contribution in [0.1, 0.15) is 12.5 Å². The summed E-state index contributed by atoms with van der Waals surface area (Å²) in [6.45, 7) is 3.93. The molecule has 0 saturated heterocycles. The number of nitrogens with zero attached hydrogens (tertiary/aromatic N) is 1. The first-order valence-corrected chi connectivity index (χ1v) is 12.8. The molecule has 0 atom stereocenters. The van der Waals surface area contributed by atoms with E-state index < -0.39 is 15.9 Å². The van der Waals surface area contributed by atoms with E-state index in [1.165, 1.54) is 11.8 Å². The molecule has 0 radical (unpaired) electrons. The molecule has 0 aliphatic heterocycles. The number of anilines is 2. The number of benzene rings is 3. The molecule has 3 aromatic rings. The van der Waals surface area contributed by atoms with E-state index in [1.807, 2.05) is 38.3 Å². The number of rotatable bonds is 9. The Balaban J connectivity index is 1.93. The molecule has 1 amide bonds. The van der Waals surface area contributed by atoms with Gasteiger partial charge in [0.25, 0.3) is 10.0 Å². The van der Waals surface area contributed by atoms with Gasteiger partial charge in [-0.1, -0.05) is 12.1 Å². The predicted octanol–water partition coefficient (Wildman–Crippen LogP) is 4.95. The van der Waals surface area contributed by atoms with Crippen LogP contribution in [-0.4, -0.2) is 33.7 Å². The van der Waals surface area contributed by atoms with Crippen LogP contribution in [0.25, 0.3) is 0 Å². The molecule has 8 heteroatoms. The highest BCUT2D eigenvalue weighted by Gasteiger charge is 2.27. The Morgan fingerprint density at radius 2 is 1.72 bits per heavy atom. The SMILES string of the molecule is CCOc1ccc(N(CC(=O)Nc2cccc(C)c2)S(=O)(=O)c2ccc(SC)cc2)cc1. The lowest BCUT2D eigenvalue weighted by atomic mass is 10.2. The Hall–Kier alpha value is -2.97. The quantitative estimate of drug-likeness (QED) is 0.448. The molecule has 0 aliphatic rings. The van der Waals surface area contributed by atoms with E-state index in [9.17, 15) is 13.2 Å². The molecule has 0 spiro atoms. The molecule has 32 heavy (non-hydrogen) atoms. The van der Waals surface area contributed by atoms with Crippen LogP contribution in [0.5, 0.6) is 5.75 Å². The van der Waals surface area contributed by atoms with E-state index in [1.54, 1.807) is 54.6 Å². The van der Waals surface area contributed by atoms with E-state index in [0.29, 0.717) is 23.7 Å². The highest BCUT2D eigenvalue weighted by Crippen LogP contribution is 2.27. The Bertz CT molecular complexity index is 1160. The van der Waals surface area contributed by atoms with Crippen LogP contribution in [-0.2, 0) is 14.8 Å². The summed E-state index contributed by atoms with van der Waals surface area (Å²) in [5, 5.41) is 2.78. The van der Waals surface area contributed by atoms with Crippen LogP contribution in [0.3, 0.4) is 0 Å². The third-order valence-electron chi connectivity index (χ3n) is 4.67. The highest BCUT2D eigenvalue weighted by molar-refractivity contribution is 7.98. The molecule has 168 valence electrons. The van der Waals surface area contributed by atoms with Crippen LogP contribution < -0.4 is 14.4 Å². The van der Waals surface area contributed by atoms with Gasteiger partial charge in [0.05, 0.1) is 17.2 Å². The first-order chi connectivity index (χ1) is 15.3. The van der Waals surface area contributed by atoms with E-state index in [-0.39, 0.29) is 11.4 Å². The second-order valence-electron chi connectivity index (χ2n) is 7.03. The summed E-state index contributed by atoms with van der Waals surface area (Å²) >= 11 is 1.53. The van der Waals surface area contributed by atoms with Crippen molar-refractivity contribution in [3.8, 4) is 5.75 Å². The number of hydrogen-bond donors (Lipinski definition) is 1. The fourth-order valence-electron chi connectivity index (χ4n) is 3.12. The number of carbonyl (C=O) groups is 1. The van der Waals surface area contributed by atoms with Crippen molar-refractivity contribution < 1.29 is 17.9 Å². The summed E-state index contributed by atoms with van der Waals surface area (Å²) in [5.74, 6) is 0.191. The second-order valence-corrected chi connectivity index (χ2v) is 9.77. The molecule has 0 saturated carbocycles. The van der Waals surface area contributed by atoms with Gasteiger partial charge in [-0.05, 0) is 86.3 Å². The molecule has 0 unspecified atom stereocenters. The van der Waals surface area contributed by atoms with E-state index in [2.05, 4.69) is 5.32 Å². The summed E-state index contributed by atoms with van der Waals surface area (Å²) in [5.41, 5.74) is 1.98. The highest BCUT2D eigenvalue weighted by atomic mass is 32.2. The number of ether oxygens (including phenoxy) is 1. The lowest BCUT2D eigenvalue weighted by Crippen LogP contribution is -2.38. The van der Waals surface area contributed by atoms with Crippen LogP contribution >= 0.6 is 11.8 Å². The van der Waals surface area contributed by atoms with Gasteiger partial charge < -0.3 is 10.1 Å². The molecule has 0 fully saturated rings. The van der Waals surface area contributed by atoms with Crippen molar-refractivity contribution in [2.24, 2.45) is 0 Å². The number of sulfonamides is 1. The number of nitrogens with one attached hydrogen (secondary N) is 1. The van der Waals surface area contributed by atoms with Crippen molar-refractivity contribution in [1.29, 1.82) is 0 Å². The lowest BCUT2D eigenvalue weighted by Gasteiger charge is -2.24. The van der Waals surface area contributed by atoms with Crippen LogP contribution in [0, 0.1) is 6.92 Å². The molecule has 0 aliphatic carbocycles. The number of aryl methyl sites for hydroxylation is 1. The topological polar surface area (TPSA) is 75.7 Å². The number of thioether (sulfide) groups is 1. The largest absolute Gasteiger partial charge is 0.494 e. The molecule has 0 bridgehead atoms. The molecular formula is C24H26N2O4S2. The zero-order chi connectivity index (χ0) is 23.1. The minimum Gasteiger partial charge on any atom is -0.494 e. The van der Waals surface area contributed by atoms with Gasteiger partial charge in [0, 0.05) is 10.6 Å². The average Bonchev–Trinajstić information content (AvgIpc) is 2.78. The average molecular weight is 471 g/mol. The maximum atomic E-state index is 13.5. The standard InChI is InChI=1S/C24H26N2O4S2/c1-4-30-21-10-8-20(9-11-21)26(17-24(27)25-19-7-5-6-18(2)16-19)32(28,29)23-14-12-22(31-3)13-15-23/h5-16H,4,17H2,1-3H3,(H,25,27). The molecule has 3 aromatic carbocycles. The Kier molecular flexibility index (Phi) is 7.82. The fourth-order valence-corrected chi connectivity index (χ4v) is 4.95. The zero-order valence-electron chi connectivity index (χ0n) is 18.2. The van der Waals surface area contributed by atoms with Gasteiger partial charge in [-0.2, -0.15) is 0 Å². The summed E-state index contributed by atoms with van der Waals surface area (Å²) in [6.07, 6.45) is 1.92. The van der Waals surface area contributed by atoms with Crippen molar-refractivity contribution in [3.05, 3.63) is 78.4 Å². The van der Waals surface area contributed by atoms with Gasteiger partial charge in [0.15, 0.2) is 0 Å². The number of carbonyl (C=O) groups excluding carboxylic acids is 1. The summed E-state index contributed by atoms with van der Waals surface area (Å²) < 4.78 is 33.6. The van der Waals surface area contributed by atoms with Crippen LogP contribution in [0.15, 0.2) is 82.6 Å². The fraction of sp³-hybridized carbons (Fsp3) is 0.208. The van der Waals surface area contributed by atoms with Gasteiger partial charge in [0.1, 0.15) is 12.3 Å². The first-order valence-electron chi connectivity index (χ1n) is 10.1. The maximum Gasteiger partial charge on any atom is 0.264 e. The number of amides is 1. The Morgan fingerprint density at radius 3 is 2.31 bits per heavy atom. The van der Waals surface area contributed by atoms with E-state index in [0.717, 1.165) is 14.8 Å².